The van der Waals surface area contributed by atoms with Crippen LogP contribution in [0.15, 0.2) is 24.3 Å². The van der Waals surface area contributed by atoms with Gasteiger partial charge in [0.2, 0.25) is 5.95 Å². The molecule has 1 saturated heterocycles. The molecule has 0 saturated carbocycles. The molecule has 1 aromatic heterocycles. The Bertz CT molecular complexity index is 764. The average Bonchev–Trinajstić information content (AvgIpc) is 3.06. The van der Waals surface area contributed by atoms with E-state index >= 15 is 0 Å². The molecule has 6 nitrogen and oxygen atoms in total. The lowest BCUT2D eigenvalue weighted by Crippen LogP contribution is -2.14. The average molecular weight is 370 g/mol. The summed E-state index contributed by atoms with van der Waals surface area (Å²) in [4.78, 5) is 11.4. The second-order valence-corrected chi connectivity index (χ2v) is 7.43. The van der Waals surface area contributed by atoms with E-state index in [-0.39, 0.29) is 0 Å². The van der Waals surface area contributed by atoms with Gasteiger partial charge >= 0.3 is 0 Å². The van der Waals surface area contributed by atoms with Crippen LogP contribution in [0.5, 0.6) is 5.75 Å². The number of methoxy groups -OCH3 is 1. The minimum Gasteiger partial charge on any atom is -0.496 e. The van der Waals surface area contributed by atoms with Crippen molar-refractivity contribution >= 4 is 17.5 Å². The van der Waals surface area contributed by atoms with E-state index in [1.54, 1.807) is 7.11 Å². The first-order valence-electron chi connectivity index (χ1n) is 9.73. The summed E-state index contributed by atoms with van der Waals surface area (Å²) in [6, 6.07) is 8.12. The molecule has 3 rings (SSSR count). The Hall–Kier alpha value is -2.34. The molecule has 1 aromatic carbocycles. The monoisotopic (exact) mass is 369 g/mol. The van der Waals surface area contributed by atoms with E-state index < -0.39 is 0 Å². The fourth-order valence-corrected chi connectivity index (χ4v) is 3.78. The highest BCUT2D eigenvalue weighted by Gasteiger charge is 2.19. The second kappa shape index (κ2) is 9.04. The first-order valence-corrected chi connectivity index (χ1v) is 9.73. The van der Waals surface area contributed by atoms with Crippen LogP contribution in [0.3, 0.4) is 0 Å². The number of hydrogen-bond donors (Lipinski definition) is 2. The van der Waals surface area contributed by atoms with Crippen molar-refractivity contribution < 1.29 is 4.74 Å². The molecule has 6 heteroatoms. The normalized spacial score (nSPS) is 17.1. The minimum absolute atomic E-state index is 0.601. The number of ether oxygens (including phenoxy) is 1. The lowest BCUT2D eigenvalue weighted by molar-refractivity contribution is 0.383. The molecule has 1 aliphatic heterocycles. The molecule has 27 heavy (non-hydrogen) atoms. The molecule has 0 aliphatic carbocycles. The van der Waals surface area contributed by atoms with Gasteiger partial charge < -0.3 is 20.3 Å². The minimum atomic E-state index is 0.601. The molecule has 0 bridgehead atoms. The van der Waals surface area contributed by atoms with Gasteiger partial charge in [-0.25, -0.2) is 4.98 Å². The first-order chi connectivity index (χ1) is 13.1. The fraction of sp³-hybridized carbons (Fsp3) is 0.524. The number of rotatable bonds is 8. The SMILES string of the molecule is CNc1cc(C)nc(Nc2ccc(OC)c(CCCC3CCN(C)C3)c2)n1. The van der Waals surface area contributed by atoms with Crippen molar-refractivity contribution in [1.82, 2.24) is 14.9 Å². The third-order valence-corrected chi connectivity index (χ3v) is 5.19. The maximum absolute atomic E-state index is 5.57. The Morgan fingerprint density at radius 2 is 2.11 bits per heavy atom. The Kier molecular flexibility index (Phi) is 6.50. The van der Waals surface area contributed by atoms with Crippen LogP contribution < -0.4 is 15.4 Å². The van der Waals surface area contributed by atoms with E-state index in [1.165, 1.54) is 37.9 Å². The zero-order chi connectivity index (χ0) is 19.2. The van der Waals surface area contributed by atoms with E-state index in [9.17, 15) is 0 Å². The number of likely N-dealkylation sites (tertiary alicyclic amines) is 1. The number of benzene rings is 1. The van der Waals surface area contributed by atoms with Gasteiger partial charge in [0.05, 0.1) is 7.11 Å². The van der Waals surface area contributed by atoms with Crippen LogP contribution in [0.2, 0.25) is 0 Å². The Morgan fingerprint density at radius 1 is 1.26 bits per heavy atom. The summed E-state index contributed by atoms with van der Waals surface area (Å²) < 4.78 is 5.57. The van der Waals surface area contributed by atoms with Crippen LogP contribution in [-0.4, -0.2) is 49.2 Å². The molecular weight excluding hydrogens is 338 g/mol. The molecule has 1 aliphatic rings. The van der Waals surface area contributed by atoms with E-state index in [2.05, 4.69) is 38.6 Å². The molecule has 2 aromatic rings. The van der Waals surface area contributed by atoms with Gasteiger partial charge in [0.15, 0.2) is 0 Å². The number of aromatic nitrogens is 2. The molecule has 2 N–H and O–H groups in total. The third kappa shape index (κ3) is 5.32. The van der Waals surface area contributed by atoms with Gasteiger partial charge in [-0.2, -0.15) is 4.98 Å². The zero-order valence-electron chi connectivity index (χ0n) is 16.9. The predicted octanol–water partition coefficient (Wildman–Crippen LogP) is 3.85. The van der Waals surface area contributed by atoms with Crippen LogP contribution in [0.4, 0.5) is 17.5 Å². The van der Waals surface area contributed by atoms with E-state index in [1.807, 2.05) is 32.2 Å². The van der Waals surface area contributed by atoms with Gasteiger partial charge in [-0.15, -0.1) is 0 Å². The number of nitrogens with one attached hydrogen (secondary N) is 2. The largest absolute Gasteiger partial charge is 0.496 e. The molecule has 0 radical (unpaired) electrons. The van der Waals surface area contributed by atoms with E-state index in [0.717, 1.165) is 35.3 Å². The van der Waals surface area contributed by atoms with Gasteiger partial charge in [-0.1, -0.05) is 0 Å². The number of aryl methyl sites for hydroxylation is 2. The van der Waals surface area contributed by atoms with Gasteiger partial charge in [0, 0.05) is 31.0 Å². The van der Waals surface area contributed by atoms with Crippen molar-refractivity contribution in [2.75, 3.05) is 44.9 Å². The van der Waals surface area contributed by atoms with Gasteiger partial charge in [-0.3, -0.25) is 0 Å². The Labute approximate surface area is 162 Å². The Balaban J connectivity index is 1.66. The number of hydrogen-bond acceptors (Lipinski definition) is 6. The predicted molar refractivity (Wildman–Crippen MR) is 111 cm³/mol. The maximum atomic E-state index is 5.57. The summed E-state index contributed by atoms with van der Waals surface area (Å²) in [6.45, 7) is 4.43. The van der Waals surface area contributed by atoms with Crippen molar-refractivity contribution in [1.29, 1.82) is 0 Å². The fourth-order valence-electron chi connectivity index (χ4n) is 3.78. The first kappa shape index (κ1) is 19.4. The summed E-state index contributed by atoms with van der Waals surface area (Å²) in [5.41, 5.74) is 3.14. The lowest BCUT2D eigenvalue weighted by atomic mass is 9.98. The van der Waals surface area contributed by atoms with Crippen LogP contribution in [-0.2, 0) is 6.42 Å². The Morgan fingerprint density at radius 3 is 2.81 bits per heavy atom. The van der Waals surface area contributed by atoms with E-state index in [0.29, 0.717) is 5.95 Å². The summed E-state index contributed by atoms with van der Waals surface area (Å²) in [6.07, 6.45) is 4.81. The summed E-state index contributed by atoms with van der Waals surface area (Å²) >= 11 is 0. The van der Waals surface area contributed by atoms with Crippen LogP contribution in [0.25, 0.3) is 0 Å². The van der Waals surface area contributed by atoms with Crippen LogP contribution >= 0.6 is 0 Å². The standard InChI is InChI=1S/C21H31N5O/c1-15-12-20(22-2)25-21(23-15)24-18-8-9-19(27-4)17(13-18)7-5-6-16-10-11-26(3)14-16/h8-9,12-13,16H,5-7,10-11,14H2,1-4H3,(H2,22,23,24,25). The molecule has 146 valence electrons. The quantitative estimate of drug-likeness (QED) is 0.737. The molecular formula is C21H31N5O. The molecule has 1 fully saturated rings. The number of anilines is 3. The molecule has 2 heterocycles. The third-order valence-electron chi connectivity index (χ3n) is 5.19. The zero-order valence-corrected chi connectivity index (χ0v) is 16.9. The maximum Gasteiger partial charge on any atom is 0.229 e. The smallest absolute Gasteiger partial charge is 0.229 e. The van der Waals surface area contributed by atoms with Gasteiger partial charge in [0.1, 0.15) is 11.6 Å². The highest BCUT2D eigenvalue weighted by atomic mass is 16.5. The van der Waals surface area contributed by atoms with Crippen molar-refractivity contribution in [3.05, 3.63) is 35.5 Å². The van der Waals surface area contributed by atoms with Crippen LogP contribution in [0.1, 0.15) is 30.5 Å². The number of nitrogens with zero attached hydrogens (tertiary/aromatic N) is 3. The van der Waals surface area contributed by atoms with E-state index in [4.69, 9.17) is 4.74 Å². The second-order valence-electron chi connectivity index (χ2n) is 7.43. The topological polar surface area (TPSA) is 62.3 Å². The molecule has 0 amide bonds. The highest BCUT2D eigenvalue weighted by molar-refractivity contribution is 5.58. The molecule has 0 spiro atoms. The summed E-state index contributed by atoms with van der Waals surface area (Å²) in [5, 5.41) is 6.39. The molecule has 1 atom stereocenters. The van der Waals surface area contributed by atoms with Crippen molar-refractivity contribution in [3.8, 4) is 5.75 Å². The van der Waals surface area contributed by atoms with Gasteiger partial charge in [0.25, 0.3) is 0 Å². The van der Waals surface area contributed by atoms with Gasteiger partial charge in [-0.05, 0) is 75.9 Å². The highest BCUT2D eigenvalue weighted by Crippen LogP contribution is 2.27. The van der Waals surface area contributed by atoms with Crippen molar-refractivity contribution in [2.24, 2.45) is 5.92 Å². The van der Waals surface area contributed by atoms with Crippen molar-refractivity contribution in [2.45, 2.75) is 32.6 Å². The summed E-state index contributed by atoms with van der Waals surface area (Å²) in [7, 11) is 5.81. The lowest BCUT2D eigenvalue weighted by Gasteiger charge is -2.14. The van der Waals surface area contributed by atoms with Crippen molar-refractivity contribution in [3.63, 3.8) is 0 Å². The summed E-state index contributed by atoms with van der Waals surface area (Å²) in [5.74, 6) is 3.19. The van der Waals surface area contributed by atoms with Crippen LogP contribution in [0, 0.1) is 12.8 Å². The molecule has 1 unspecified atom stereocenters.